The summed E-state index contributed by atoms with van der Waals surface area (Å²) in [5.41, 5.74) is 2.41. The normalized spacial score (nSPS) is 19.5. The van der Waals surface area contributed by atoms with Crippen LogP contribution in [0.1, 0.15) is 46.4 Å². The Labute approximate surface area is 176 Å². The van der Waals surface area contributed by atoms with Crippen molar-refractivity contribution < 1.29 is 8.42 Å². The maximum Gasteiger partial charge on any atom is 0.211 e. The Balaban J connectivity index is 1.31. The second-order valence-electron chi connectivity index (χ2n) is 7.73. The first-order chi connectivity index (χ1) is 13.5. The highest BCUT2D eigenvalue weighted by molar-refractivity contribution is 7.89. The summed E-state index contributed by atoms with van der Waals surface area (Å²) in [7, 11) is -3.11. The molecule has 2 N–H and O–H groups in total. The zero-order valence-corrected chi connectivity index (χ0v) is 18.2. The van der Waals surface area contributed by atoms with E-state index in [-0.39, 0.29) is 11.8 Å². The van der Waals surface area contributed by atoms with Gasteiger partial charge in [-0.3, -0.25) is 0 Å². The number of hydrogen-bond donors (Lipinski definition) is 2. The van der Waals surface area contributed by atoms with Crippen LogP contribution in [0, 0.1) is 5.92 Å². The largest absolute Gasteiger partial charge is 0.308 e. The Morgan fingerprint density at radius 3 is 2.79 bits per heavy atom. The highest BCUT2D eigenvalue weighted by Gasteiger charge is 2.28. The summed E-state index contributed by atoms with van der Waals surface area (Å²) in [6.07, 6.45) is 5.61. The van der Waals surface area contributed by atoms with E-state index in [1.165, 1.54) is 10.4 Å². The Bertz CT molecular complexity index is 908. The summed E-state index contributed by atoms with van der Waals surface area (Å²) in [6.45, 7) is 1.46. The molecule has 5 nitrogen and oxygen atoms in total. The zero-order chi connectivity index (χ0) is 19.6. The van der Waals surface area contributed by atoms with Gasteiger partial charge < -0.3 is 5.32 Å². The van der Waals surface area contributed by atoms with Crippen LogP contribution in [0.4, 0.5) is 0 Å². The smallest absolute Gasteiger partial charge is 0.211 e. The van der Waals surface area contributed by atoms with E-state index < -0.39 is 10.0 Å². The number of halogens is 1. The summed E-state index contributed by atoms with van der Waals surface area (Å²) < 4.78 is 26.6. The van der Waals surface area contributed by atoms with Crippen LogP contribution >= 0.6 is 22.9 Å². The van der Waals surface area contributed by atoms with Crippen molar-refractivity contribution in [2.75, 3.05) is 18.8 Å². The third-order valence-electron chi connectivity index (χ3n) is 5.24. The summed E-state index contributed by atoms with van der Waals surface area (Å²) in [4.78, 5) is 6.25. The Hall–Kier alpha value is -0.990. The molecule has 2 aliphatic rings. The lowest BCUT2D eigenvalue weighted by molar-refractivity contribution is 0.495. The molecule has 28 heavy (non-hydrogen) atoms. The van der Waals surface area contributed by atoms with Crippen LogP contribution in [0.25, 0.3) is 0 Å². The topological polar surface area (TPSA) is 71.1 Å². The van der Waals surface area contributed by atoms with Gasteiger partial charge in [-0.05, 0) is 55.7 Å². The number of benzene rings is 1. The molecule has 0 spiro atoms. The second-order valence-corrected chi connectivity index (χ2v) is 11.2. The maximum atomic E-state index is 11.9. The molecule has 2 aromatic rings. The minimum absolute atomic E-state index is 0.229. The molecule has 1 unspecified atom stereocenters. The molecule has 4 rings (SSSR count). The predicted molar refractivity (Wildman–Crippen MR) is 115 cm³/mol. The number of aryl methyl sites for hydroxylation is 1. The average molecular weight is 440 g/mol. The fourth-order valence-electron chi connectivity index (χ4n) is 3.57. The molecule has 8 heteroatoms. The number of fused-ring (bicyclic) bond motifs is 1. The number of rotatable bonds is 9. The molecular formula is C20H26ClN3O2S2. The quantitative estimate of drug-likeness (QED) is 0.587. The Kier molecular flexibility index (Phi) is 6.37. The van der Waals surface area contributed by atoms with E-state index in [0.29, 0.717) is 12.5 Å². The summed E-state index contributed by atoms with van der Waals surface area (Å²) in [5.74, 6) is 0.671. The van der Waals surface area contributed by atoms with Gasteiger partial charge in [-0.1, -0.05) is 23.7 Å². The molecule has 1 atom stereocenters. The van der Waals surface area contributed by atoms with Crippen molar-refractivity contribution in [3.8, 4) is 0 Å². The van der Waals surface area contributed by atoms with E-state index in [4.69, 9.17) is 16.6 Å². The lowest BCUT2D eigenvalue weighted by atomic mass is 9.99. The molecule has 0 amide bonds. The van der Waals surface area contributed by atoms with Gasteiger partial charge in [0.15, 0.2) is 0 Å². The number of nitrogens with zero attached hydrogens (tertiary/aromatic N) is 1. The van der Waals surface area contributed by atoms with Gasteiger partial charge in [0.1, 0.15) is 0 Å². The number of thiazole rings is 1. The van der Waals surface area contributed by atoms with Crippen molar-refractivity contribution in [3.63, 3.8) is 0 Å². The first kappa shape index (κ1) is 20.3. The van der Waals surface area contributed by atoms with Gasteiger partial charge in [-0.15, -0.1) is 11.3 Å². The van der Waals surface area contributed by atoms with Crippen molar-refractivity contribution in [2.24, 2.45) is 5.92 Å². The summed E-state index contributed by atoms with van der Waals surface area (Å²) in [5, 5.41) is 5.44. The number of sulfonamides is 1. The van der Waals surface area contributed by atoms with Gasteiger partial charge in [-0.2, -0.15) is 0 Å². The zero-order valence-electron chi connectivity index (χ0n) is 15.8. The first-order valence-electron chi connectivity index (χ1n) is 9.92. The third kappa shape index (κ3) is 5.54. The van der Waals surface area contributed by atoms with E-state index in [2.05, 4.69) is 22.2 Å². The standard InChI is InChI=1S/C20H26ClN3O2S2/c21-16-7-5-14(6-8-16)12-17-20-18(9-11-22-17)27-19(24-20)2-1-10-23-28(25,26)13-15-3-4-15/h5-8,15,17,22-23H,1-4,9-13H2. The number of aromatic nitrogens is 1. The molecule has 1 aromatic heterocycles. The molecule has 1 fully saturated rings. The predicted octanol–water partition coefficient (Wildman–Crippen LogP) is 3.49. The van der Waals surface area contributed by atoms with Crippen molar-refractivity contribution >= 4 is 33.0 Å². The molecule has 1 aliphatic heterocycles. The van der Waals surface area contributed by atoms with Crippen LogP contribution in [0.5, 0.6) is 0 Å². The van der Waals surface area contributed by atoms with Gasteiger partial charge >= 0.3 is 0 Å². The highest BCUT2D eigenvalue weighted by atomic mass is 35.5. The third-order valence-corrected chi connectivity index (χ3v) is 8.24. The van der Waals surface area contributed by atoms with Crippen LogP contribution in [0.3, 0.4) is 0 Å². The van der Waals surface area contributed by atoms with Crippen LogP contribution in [0.2, 0.25) is 5.02 Å². The monoisotopic (exact) mass is 439 g/mol. The minimum Gasteiger partial charge on any atom is -0.308 e. The van der Waals surface area contributed by atoms with Crippen molar-refractivity contribution in [3.05, 3.63) is 50.4 Å². The van der Waals surface area contributed by atoms with Gasteiger partial charge in [0, 0.05) is 29.4 Å². The maximum absolute atomic E-state index is 11.9. The van der Waals surface area contributed by atoms with Crippen LogP contribution in [-0.2, 0) is 29.3 Å². The number of nitrogens with one attached hydrogen (secondary N) is 2. The van der Waals surface area contributed by atoms with Gasteiger partial charge in [0.2, 0.25) is 10.0 Å². The van der Waals surface area contributed by atoms with E-state index in [9.17, 15) is 8.42 Å². The fraction of sp³-hybridized carbons (Fsp3) is 0.550. The Morgan fingerprint density at radius 1 is 1.25 bits per heavy atom. The molecule has 0 bridgehead atoms. The molecule has 0 radical (unpaired) electrons. The molecule has 152 valence electrons. The second kappa shape index (κ2) is 8.79. The van der Waals surface area contributed by atoms with Gasteiger partial charge in [0.05, 0.1) is 22.5 Å². The van der Waals surface area contributed by atoms with E-state index in [1.54, 1.807) is 11.3 Å². The molecule has 1 saturated carbocycles. The first-order valence-corrected chi connectivity index (χ1v) is 12.8. The average Bonchev–Trinajstić information content (AvgIpc) is 3.35. The van der Waals surface area contributed by atoms with Gasteiger partial charge in [0.25, 0.3) is 0 Å². The van der Waals surface area contributed by atoms with E-state index in [1.807, 2.05) is 12.1 Å². The highest BCUT2D eigenvalue weighted by Crippen LogP contribution is 2.31. The molecule has 1 aromatic carbocycles. The van der Waals surface area contributed by atoms with Crippen LogP contribution < -0.4 is 10.0 Å². The lowest BCUT2D eigenvalue weighted by Crippen LogP contribution is -2.30. The lowest BCUT2D eigenvalue weighted by Gasteiger charge is -2.23. The fourth-order valence-corrected chi connectivity index (χ4v) is 6.40. The van der Waals surface area contributed by atoms with Crippen molar-refractivity contribution in [1.29, 1.82) is 0 Å². The van der Waals surface area contributed by atoms with E-state index in [0.717, 1.165) is 60.8 Å². The molecule has 0 saturated heterocycles. The number of hydrogen-bond acceptors (Lipinski definition) is 5. The molecule has 2 heterocycles. The molecular weight excluding hydrogens is 414 g/mol. The van der Waals surface area contributed by atoms with Crippen LogP contribution in [0.15, 0.2) is 24.3 Å². The van der Waals surface area contributed by atoms with E-state index >= 15 is 0 Å². The van der Waals surface area contributed by atoms with Crippen molar-refractivity contribution in [1.82, 2.24) is 15.0 Å². The summed E-state index contributed by atoms with van der Waals surface area (Å²) >= 11 is 7.77. The Morgan fingerprint density at radius 2 is 2.04 bits per heavy atom. The minimum atomic E-state index is -3.11. The SMILES string of the molecule is O=S(=O)(CC1CC1)NCCCc1nc2c(s1)CCNC2Cc1ccc(Cl)cc1. The van der Waals surface area contributed by atoms with Gasteiger partial charge in [-0.25, -0.2) is 18.1 Å². The van der Waals surface area contributed by atoms with Crippen molar-refractivity contribution in [2.45, 2.75) is 44.6 Å². The summed E-state index contributed by atoms with van der Waals surface area (Å²) in [6, 6.07) is 8.22. The molecule has 1 aliphatic carbocycles. The van der Waals surface area contributed by atoms with Crippen LogP contribution in [-0.4, -0.2) is 32.2 Å².